The second-order valence-electron chi connectivity index (χ2n) is 5.31. The predicted octanol–water partition coefficient (Wildman–Crippen LogP) is 1.99. The van der Waals surface area contributed by atoms with Crippen LogP contribution < -0.4 is 10.1 Å². The lowest BCUT2D eigenvalue weighted by atomic mass is 9.93. The first kappa shape index (κ1) is 14.4. The summed E-state index contributed by atoms with van der Waals surface area (Å²) in [6, 6.07) is 7.48. The predicted molar refractivity (Wildman–Crippen MR) is 80.4 cm³/mol. The molecule has 1 saturated carbocycles. The number of amides is 1. The lowest BCUT2D eigenvalue weighted by Crippen LogP contribution is -2.40. The molecular weight excluding hydrogens is 280 g/mol. The van der Waals surface area contributed by atoms with Gasteiger partial charge in [-0.2, -0.15) is 0 Å². The van der Waals surface area contributed by atoms with Crippen LogP contribution in [0.2, 0.25) is 0 Å². The summed E-state index contributed by atoms with van der Waals surface area (Å²) >= 11 is 0. The van der Waals surface area contributed by atoms with Crippen molar-refractivity contribution < 1.29 is 9.53 Å². The lowest BCUT2D eigenvalue weighted by Gasteiger charge is -2.28. The fourth-order valence-corrected chi connectivity index (χ4v) is 2.58. The number of nitrogens with one attached hydrogen (secondary N) is 1. The van der Waals surface area contributed by atoms with E-state index in [-0.39, 0.29) is 23.9 Å². The van der Waals surface area contributed by atoms with E-state index >= 15 is 0 Å². The molecule has 0 atom stereocenters. The van der Waals surface area contributed by atoms with Crippen molar-refractivity contribution in [1.82, 2.24) is 20.3 Å². The maximum Gasteiger partial charge on any atom is 0.289 e. The molecule has 1 aliphatic carbocycles. The topological polar surface area (TPSA) is 77.0 Å². The normalized spacial score (nSPS) is 21.1. The van der Waals surface area contributed by atoms with Crippen LogP contribution in [0.4, 0.5) is 0 Å². The zero-order valence-electron chi connectivity index (χ0n) is 12.2. The Kier molecular flexibility index (Phi) is 4.58. The van der Waals surface area contributed by atoms with Gasteiger partial charge in [0.25, 0.3) is 5.91 Å². The quantitative estimate of drug-likeness (QED) is 0.934. The maximum atomic E-state index is 12.0. The fraction of sp³-hybridized carbons (Fsp3) is 0.375. The molecule has 1 amide bonds. The molecule has 114 valence electrons. The number of pyridine rings is 1. The minimum Gasteiger partial charge on any atom is -0.474 e. The first-order valence-corrected chi connectivity index (χ1v) is 7.47. The van der Waals surface area contributed by atoms with E-state index < -0.39 is 0 Å². The molecule has 1 aliphatic rings. The summed E-state index contributed by atoms with van der Waals surface area (Å²) in [6.07, 6.45) is 8.59. The summed E-state index contributed by atoms with van der Waals surface area (Å²) in [6.45, 7) is 0. The Morgan fingerprint density at radius 3 is 2.41 bits per heavy atom. The molecule has 2 aromatic heterocycles. The van der Waals surface area contributed by atoms with Gasteiger partial charge in [-0.25, -0.2) is 15.0 Å². The third-order valence-electron chi connectivity index (χ3n) is 3.70. The molecule has 0 aliphatic heterocycles. The summed E-state index contributed by atoms with van der Waals surface area (Å²) < 4.78 is 5.84. The van der Waals surface area contributed by atoms with Crippen molar-refractivity contribution in [2.24, 2.45) is 0 Å². The van der Waals surface area contributed by atoms with E-state index in [0.29, 0.717) is 5.88 Å². The molecule has 0 spiro atoms. The molecule has 2 heterocycles. The molecule has 0 aromatic carbocycles. The Morgan fingerprint density at radius 1 is 1.00 bits per heavy atom. The van der Waals surface area contributed by atoms with Crippen molar-refractivity contribution in [1.29, 1.82) is 0 Å². The van der Waals surface area contributed by atoms with Crippen LogP contribution in [0.25, 0.3) is 0 Å². The van der Waals surface area contributed by atoms with Gasteiger partial charge in [0.05, 0.1) is 0 Å². The van der Waals surface area contributed by atoms with Crippen LogP contribution in [0.3, 0.4) is 0 Å². The molecule has 0 bridgehead atoms. The summed E-state index contributed by atoms with van der Waals surface area (Å²) in [4.78, 5) is 24.1. The van der Waals surface area contributed by atoms with Gasteiger partial charge in [0.1, 0.15) is 6.10 Å². The number of aromatic nitrogens is 3. The maximum absolute atomic E-state index is 12.0. The van der Waals surface area contributed by atoms with Crippen molar-refractivity contribution in [3.8, 4) is 5.88 Å². The average Bonchev–Trinajstić information content (AvgIpc) is 2.58. The van der Waals surface area contributed by atoms with Crippen molar-refractivity contribution in [3.05, 3.63) is 48.7 Å². The SMILES string of the molecule is O=C(NC1CCC(Oc2ccccn2)CC1)c1ncccn1. The van der Waals surface area contributed by atoms with Gasteiger partial charge < -0.3 is 10.1 Å². The van der Waals surface area contributed by atoms with Gasteiger partial charge in [-0.1, -0.05) is 6.07 Å². The number of hydrogen-bond acceptors (Lipinski definition) is 5. The van der Waals surface area contributed by atoms with Crippen LogP contribution in [0.15, 0.2) is 42.9 Å². The number of rotatable bonds is 4. The monoisotopic (exact) mass is 298 g/mol. The molecule has 6 nitrogen and oxygen atoms in total. The highest BCUT2D eigenvalue weighted by Crippen LogP contribution is 2.22. The van der Waals surface area contributed by atoms with Gasteiger partial charge in [-0.05, 0) is 37.8 Å². The molecule has 1 N–H and O–H groups in total. The van der Waals surface area contributed by atoms with E-state index in [1.165, 1.54) is 0 Å². The number of nitrogens with zero attached hydrogens (tertiary/aromatic N) is 3. The van der Waals surface area contributed by atoms with E-state index in [1.54, 1.807) is 24.7 Å². The van der Waals surface area contributed by atoms with E-state index in [1.807, 2.05) is 18.2 Å². The lowest BCUT2D eigenvalue weighted by molar-refractivity contribution is 0.0880. The van der Waals surface area contributed by atoms with Crippen LogP contribution in [-0.4, -0.2) is 33.0 Å². The summed E-state index contributed by atoms with van der Waals surface area (Å²) in [7, 11) is 0. The molecule has 3 rings (SSSR count). The van der Waals surface area contributed by atoms with Crippen molar-refractivity contribution in [3.63, 3.8) is 0 Å². The Labute approximate surface area is 129 Å². The molecular formula is C16H18N4O2. The van der Waals surface area contributed by atoms with Crippen molar-refractivity contribution in [2.45, 2.75) is 37.8 Å². The number of hydrogen-bond donors (Lipinski definition) is 1. The highest BCUT2D eigenvalue weighted by molar-refractivity contribution is 5.90. The van der Waals surface area contributed by atoms with E-state index in [0.717, 1.165) is 25.7 Å². The van der Waals surface area contributed by atoms with Crippen LogP contribution in [0.1, 0.15) is 36.3 Å². The Bertz CT molecular complexity index is 598. The third kappa shape index (κ3) is 3.78. The minimum absolute atomic E-state index is 0.153. The Balaban J connectivity index is 1.47. The summed E-state index contributed by atoms with van der Waals surface area (Å²) in [5.74, 6) is 0.664. The Hall–Kier alpha value is -2.50. The zero-order chi connectivity index (χ0) is 15.2. The van der Waals surface area contributed by atoms with Gasteiger partial charge >= 0.3 is 0 Å². The number of carbonyl (C=O) groups is 1. The van der Waals surface area contributed by atoms with Gasteiger partial charge in [0, 0.05) is 30.7 Å². The second-order valence-corrected chi connectivity index (χ2v) is 5.31. The summed E-state index contributed by atoms with van der Waals surface area (Å²) in [5, 5.41) is 2.98. The van der Waals surface area contributed by atoms with Gasteiger partial charge in [-0.15, -0.1) is 0 Å². The highest BCUT2D eigenvalue weighted by atomic mass is 16.5. The zero-order valence-corrected chi connectivity index (χ0v) is 12.2. The largest absolute Gasteiger partial charge is 0.474 e. The number of ether oxygens (including phenoxy) is 1. The molecule has 1 fully saturated rings. The van der Waals surface area contributed by atoms with Crippen molar-refractivity contribution in [2.75, 3.05) is 0 Å². The molecule has 0 unspecified atom stereocenters. The van der Waals surface area contributed by atoms with E-state index in [9.17, 15) is 4.79 Å². The smallest absolute Gasteiger partial charge is 0.289 e. The van der Waals surface area contributed by atoms with Gasteiger partial charge in [0.2, 0.25) is 11.7 Å². The van der Waals surface area contributed by atoms with Gasteiger partial charge in [-0.3, -0.25) is 4.79 Å². The second kappa shape index (κ2) is 6.98. The standard InChI is InChI=1S/C16H18N4O2/c21-16(15-18-10-3-11-19-15)20-12-5-7-13(8-6-12)22-14-4-1-2-9-17-14/h1-4,9-13H,5-8H2,(H,20,21). The molecule has 0 saturated heterocycles. The fourth-order valence-electron chi connectivity index (χ4n) is 2.58. The van der Waals surface area contributed by atoms with Gasteiger partial charge in [0.15, 0.2) is 0 Å². The average molecular weight is 298 g/mol. The van der Waals surface area contributed by atoms with Crippen molar-refractivity contribution >= 4 is 5.91 Å². The first-order chi connectivity index (χ1) is 10.8. The van der Waals surface area contributed by atoms with Crippen LogP contribution >= 0.6 is 0 Å². The minimum atomic E-state index is -0.213. The third-order valence-corrected chi connectivity index (χ3v) is 3.70. The van der Waals surface area contributed by atoms with E-state index in [4.69, 9.17) is 4.74 Å². The number of carbonyl (C=O) groups excluding carboxylic acids is 1. The molecule has 0 radical (unpaired) electrons. The van der Waals surface area contributed by atoms with Crippen LogP contribution in [-0.2, 0) is 0 Å². The van der Waals surface area contributed by atoms with Crippen LogP contribution in [0, 0.1) is 0 Å². The van der Waals surface area contributed by atoms with E-state index in [2.05, 4.69) is 20.3 Å². The van der Waals surface area contributed by atoms with Crippen LogP contribution in [0.5, 0.6) is 5.88 Å². The molecule has 22 heavy (non-hydrogen) atoms. The molecule has 2 aromatic rings. The highest BCUT2D eigenvalue weighted by Gasteiger charge is 2.24. The Morgan fingerprint density at radius 2 is 1.73 bits per heavy atom. The first-order valence-electron chi connectivity index (χ1n) is 7.47. The summed E-state index contributed by atoms with van der Waals surface area (Å²) in [5.41, 5.74) is 0. The molecule has 6 heteroatoms.